The van der Waals surface area contributed by atoms with Crippen LogP contribution in [-0.4, -0.2) is 11.5 Å². The van der Waals surface area contributed by atoms with Gasteiger partial charge in [0, 0.05) is 0 Å². The van der Waals surface area contributed by atoms with E-state index in [1.54, 1.807) is 23.5 Å². The molecule has 0 fully saturated rings. The van der Waals surface area contributed by atoms with E-state index in [0.717, 1.165) is 24.3 Å². The monoisotopic (exact) mass is 478 g/mol. The third-order valence-corrected chi connectivity index (χ3v) is 8.18. The molecule has 0 aromatic rings. The highest BCUT2D eigenvalue weighted by Crippen LogP contribution is 2.29. The fraction of sp³-hybridized carbons (Fsp3) is 0.857. The molecule has 0 heterocycles. The van der Waals surface area contributed by atoms with Crippen LogP contribution in [-0.2, 0) is 0 Å². The third-order valence-electron chi connectivity index (χ3n) is 5.90. The molecule has 0 aromatic heterocycles. The minimum Gasteiger partial charge on any atom is -0.192 e. The SMILES string of the molecule is CCCCCCCCCCCCS/C(C#N)=C(/C#N)SCCCCCCCCCCCC. The van der Waals surface area contributed by atoms with E-state index in [4.69, 9.17) is 0 Å². The van der Waals surface area contributed by atoms with E-state index in [1.807, 2.05) is 0 Å². The van der Waals surface area contributed by atoms with Crippen molar-refractivity contribution >= 4 is 23.5 Å². The Kier molecular flexibility index (Phi) is 26.2. The molecule has 0 aliphatic carbocycles. The van der Waals surface area contributed by atoms with E-state index >= 15 is 0 Å². The zero-order valence-corrected chi connectivity index (χ0v) is 22.9. The molecule has 0 atom stereocenters. The second kappa shape index (κ2) is 26.7. The lowest BCUT2D eigenvalue weighted by molar-refractivity contribution is 0.563. The van der Waals surface area contributed by atoms with Crippen molar-refractivity contribution in [1.82, 2.24) is 0 Å². The van der Waals surface area contributed by atoms with Gasteiger partial charge in [0.25, 0.3) is 0 Å². The van der Waals surface area contributed by atoms with E-state index in [2.05, 4.69) is 26.0 Å². The van der Waals surface area contributed by atoms with Crippen LogP contribution in [0.1, 0.15) is 142 Å². The van der Waals surface area contributed by atoms with Gasteiger partial charge in [0.1, 0.15) is 21.9 Å². The van der Waals surface area contributed by atoms with Crippen molar-refractivity contribution in [3.63, 3.8) is 0 Å². The molecule has 0 unspecified atom stereocenters. The number of hydrogen-bond donors (Lipinski definition) is 0. The van der Waals surface area contributed by atoms with Gasteiger partial charge in [0.2, 0.25) is 0 Å². The summed E-state index contributed by atoms with van der Waals surface area (Å²) in [5.41, 5.74) is 0. The van der Waals surface area contributed by atoms with Crippen LogP contribution in [0, 0.1) is 22.7 Å². The van der Waals surface area contributed by atoms with Gasteiger partial charge < -0.3 is 0 Å². The molecule has 0 aliphatic heterocycles. The van der Waals surface area contributed by atoms with Crippen molar-refractivity contribution in [2.45, 2.75) is 142 Å². The Labute approximate surface area is 209 Å². The van der Waals surface area contributed by atoms with Crippen LogP contribution >= 0.6 is 23.5 Å². The first-order valence-corrected chi connectivity index (χ1v) is 15.6. The summed E-state index contributed by atoms with van der Waals surface area (Å²) >= 11 is 3.18. The Balaban J connectivity index is 3.74. The summed E-state index contributed by atoms with van der Waals surface area (Å²) in [4.78, 5) is 1.28. The number of nitrogens with zero attached hydrogens (tertiary/aromatic N) is 2. The maximum atomic E-state index is 9.47. The molecule has 0 radical (unpaired) electrons. The van der Waals surface area contributed by atoms with E-state index in [1.165, 1.54) is 116 Å². The molecule has 0 saturated heterocycles. The predicted molar refractivity (Wildman–Crippen MR) is 147 cm³/mol. The molecule has 184 valence electrons. The van der Waals surface area contributed by atoms with E-state index < -0.39 is 0 Å². The molecule has 4 heteroatoms. The minimum atomic E-state index is 0.639. The highest BCUT2D eigenvalue weighted by atomic mass is 32.2. The number of nitriles is 2. The molecule has 32 heavy (non-hydrogen) atoms. The fourth-order valence-electron chi connectivity index (χ4n) is 3.82. The van der Waals surface area contributed by atoms with Crippen LogP contribution in [0.2, 0.25) is 0 Å². The predicted octanol–water partition coefficient (Wildman–Crippen LogP) is 10.6. The van der Waals surface area contributed by atoms with Crippen molar-refractivity contribution in [3.05, 3.63) is 9.81 Å². The van der Waals surface area contributed by atoms with E-state index in [0.29, 0.717) is 9.81 Å². The number of allylic oxidation sites excluding steroid dienone is 2. The molecule has 0 N–H and O–H groups in total. The summed E-state index contributed by atoms with van der Waals surface area (Å²) in [5, 5.41) is 18.9. The first kappa shape index (κ1) is 31.4. The molecule has 0 rings (SSSR count). The number of hydrogen-bond acceptors (Lipinski definition) is 4. The Morgan fingerprint density at radius 2 is 0.688 bits per heavy atom. The largest absolute Gasteiger partial charge is 0.192 e. The second-order valence-electron chi connectivity index (χ2n) is 8.94. The quantitative estimate of drug-likeness (QED) is 0.102. The van der Waals surface area contributed by atoms with Crippen LogP contribution in [0.5, 0.6) is 0 Å². The molecular weight excluding hydrogens is 428 g/mol. The van der Waals surface area contributed by atoms with Gasteiger partial charge in [0.05, 0.1) is 0 Å². The number of rotatable bonds is 24. The second-order valence-corrected chi connectivity index (χ2v) is 11.2. The summed E-state index contributed by atoms with van der Waals surface area (Å²) in [5.74, 6) is 1.92. The number of thioether (sulfide) groups is 2. The van der Waals surface area contributed by atoms with E-state index in [9.17, 15) is 10.5 Å². The zero-order valence-electron chi connectivity index (χ0n) is 21.3. The lowest BCUT2D eigenvalue weighted by Crippen LogP contribution is -1.88. The van der Waals surface area contributed by atoms with Crippen LogP contribution in [0.25, 0.3) is 0 Å². The smallest absolute Gasteiger partial charge is 0.109 e. The van der Waals surface area contributed by atoms with Crippen molar-refractivity contribution in [1.29, 1.82) is 10.5 Å². The van der Waals surface area contributed by atoms with Crippen molar-refractivity contribution in [2.24, 2.45) is 0 Å². The highest BCUT2D eigenvalue weighted by molar-refractivity contribution is 8.07. The van der Waals surface area contributed by atoms with Crippen LogP contribution in [0.15, 0.2) is 9.81 Å². The Morgan fingerprint density at radius 3 is 0.938 bits per heavy atom. The Bertz CT molecular complexity index is 471. The average molecular weight is 479 g/mol. The molecule has 0 aromatic carbocycles. The summed E-state index contributed by atoms with van der Waals surface area (Å²) in [6.07, 6.45) is 26.6. The standard InChI is InChI=1S/C28H50N2S2/c1-3-5-7-9-11-13-15-17-19-21-23-31-27(25-29)28(26-30)32-24-22-20-18-16-14-12-10-8-6-4-2/h3-24H2,1-2H3/b28-27-. The van der Waals surface area contributed by atoms with Crippen LogP contribution in [0.3, 0.4) is 0 Å². The molecule has 2 nitrogen and oxygen atoms in total. The molecular formula is C28H50N2S2. The van der Waals surface area contributed by atoms with Gasteiger partial charge in [0.15, 0.2) is 0 Å². The Morgan fingerprint density at radius 1 is 0.438 bits per heavy atom. The van der Waals surface area contributed by atoms with Crippen LogP contribution in [0.4, 0.5) is 0 Å². The lowest BCUT2D eigenvalue weighted by atomic mass is 10.1. The van der Waals surface area contributed by atoms with Gasteiger partial charge in [-0.2, -0.15) is 10.5 Å². The van der Waals surface area contributed by atoms with E-state index in [-0.39, 0.29) is 0 Å². The maximum absolute atomic E-state index is 9.47. The molecule has 0 spiro atoms. The molecule has 0 saturated carbocycles. The van der Waals surface area contributed by atoms with Gasteiger partial charge in [-0.15, -0.1) is 23.5 Å². The maximum Gasteiger partial charge on any atom is 0.109 e. The molecule has 0 amide bonds. The summed E-state index contributed by atoms with van der Waals surface area (Å²) in [7, 11) is 0. The van der Waals surface area contributed by atoms with Gasteiger partial charge in [-0.1, -0.05) is 129 Å². The fourth-order valence-corrected chi connectivity index (χ4v) is 5.77. The topological polar surface area (TPSA) is 47.6 Å². The first-order chi connectivity index (χ1) is 15.8. The summed E-state index contributed by atoms with van der Waals surface area (Å²) in [6.45, 7) is 4.53. The zero-order chi connectivity index (χ0) is 23.5. The average Bonchev–Trinajstić information content (AvgIpc) is 2.81. The third kappa shape index (κ3) is 21.3. The van der Waals surface area contributed by atoms with Crippen molar-refractivity contribution in [3.8, 4) is 12.1 Å². The highest BCUT2D eigenvalue weighted by Gasteiger charge is 2.08. The Hall–Kier alpha value is -0.580. The lowest BCUT2D eigenvalue weighted by Gasteiger charge is -2.05. The first-order valence-electron chi connectivity index (χ1n) is 13.6. The van der Waals surface area contributed by atoms with Crippen LogP contribution < -0.4 is 0 Å². The minimum absolute atomic E-state index is 0.639. The van der Waals surface area contributed by atoms with Crippen molar-refractivity contribution < 1.29 is 0 Å². The summed E-state index contributed by atoms with van der Waals surface area (Å²) in [6, 6.07) is 4.56. The normalized spacial score (nSPS) is 11.8. The van der Waals surface area contributed by atoms with Crippen molar-refractivity contribution in [2.75, 3.05) is 11.5 Å². The molecule has 0 aliphatic rings. The number of unbranched alkanes of at least 4 members (excludes halogenated alkanes) is 18. The van der Waals surface area contributed by atoms with Gasteiger partial charge in [-0.3, -0.25) is 0 Å². The van der Waals surface area contributed by atoms with Gasteiger partial charge in [-0.25, -0.2) is 0 Å². The molecule has 0 bridgehead atoms. The van der Waals surface area contributed by atoms with Gasteiger partial charge >= 0.3 is 0 Å². The summed E-state index contributed by atoms with van der Waals surface area (Å²) < 4.78 is 0. The van der Waals surface area contributed by atoms with Gasteiger partial charge in [-0.05, 0) is 24.3 Å².